The second-order valence-electron chi connectivity index (χ2n) is 4.89. The van der Waals surface area contributed by atoms with E-state index in [2.05, 4.69) is 12.2 Å². The summed E-state index contributed by atoms with van der Waals surface area (Å²) in [6, 6.07) is 6.90. The van der Waals surface area contributed by atoms with E-state index < -0.39 is 0 Å². The Morgan fingerprint density at radius 1 is 1.47 bits per heavy atom. The van der Waals surface area contributed by atoms with Gasteiger partial charge in [-0.3, -0.25) is 0 Å². The second-order valence-corrected chi connectivity index (χ2v) is 4.89. The van der Waals surface area contributed by atoms with Crippen LogP contribution in [0, 0.1) is 11.2 Å². The van der Waals surface area contributed by atoms with E-state index in [1.54, 1.807) is 12.1 Å². The Balaban J connectivity index is 2.07. The minimum Gasteiger partial charge on any atom is -0.381 e. The van der Waals surface area contributed by atoms with E-state index in [4.69, 9.17) is 4.74 Å². The summed E-state index contributed by atoms with van der Waals surface area (Å²) in [4.78, 5) is 0. The molecule has 0 spiro atoms. The summed E-state index contributed by atoms with van der Waals surface area (Å²) in [5.41, 5.74) is 1.21. The molecule has 3 heteroatoms. The molecule has 17 heavy (non-hydrogen) atoms. The predicted molar refractivity (Wildman–Crippen MR) is 66.5 cm³/mol. The average Bonchev–Trinajstić information content (AvgIpc) is 2.75. The first-order valence-corrected chi connectivity index (χ1v) is 6.27. The second kappa shape index (κ2) is 5.61. The molecule has 0 amide bonds. The van der Waals surface area contributed by atoms with Crippen molar-refractivity contribution in [1.82, 2.24) is 5.32 Å². The van der Waals surface area contributed by atoms with Gasteiger partial charge in [0.2, 0.25) is 0 Å². The molecule has 1 aliphatic rings. The molecule has 0 radical (unpaired) electrons. The van der Waals surface area contributed by atoms with Crippen LogP contribution in [0.1, 0.15) is 18.9 Å². The van der Waals surface area contributed by atoms with E-state index >= 15 is 0 Å². The van der Waals surface area contributed by atoms with E-state index in [0.29, 0.717) is 0 Å². The Morgan fingerprint density at radius 3 is 3.00 bits per heavy atom. The Morgan fingerprint density at radius 2 is 2.35 bits per heavy atom. The van der Waals surface area contributed by atoms with Crippen molar-refractivity contribution in [1.29, 1.82) is 0 Å². The number of halogens is 1. The normalized spacial score (nSPS) is 24.1. The van der Waals surface area contributed by atoms with Gasteiger partial charge in [-0.25, -0.2) is 4.39 Å². The summed E-state index contributed by atoms with van der Waals surface area (Å²) in [5.74, 6) is -0.153. The SMILES string of the molecule is CCNCC1(Cc2cccc(F)c2)CCOC1. The van der Waals surface area contributed by atoms with Crippen LogP contribution in [0.25, 0.3) is 0 Å². The summed E-state index contributed by atoms with van der Waals surface area (Å²) >= 11 is 0. The van der Waals surface area contributed by atoms with Gasteiger partial charge in [-0.1, -0.05) is 19.1 Å². The number of hydrogen-bond donors (Lipinski definition) is 1. The summed E-state index contributed by atoms with van der Waals surface area (Å²) in [6.45, 7) is 5.60. The molecular weight excluding hydrogens is 217 g/mol. The van der Waals surface area contributed by atoms with E-state index in [-0.39, 0.29) is 11.2 Å². The molecule has 1 N–H and O–H groups in total. The van der Waals surface area contributed by atoms with Gasteiger partial charge in [-0.2, -0.15) is 0 Å². The van der Waals surface area contributed by atoms with Crippen molar-refractivity contribution in [2.75, 3.05) is 26.3 Å². The van der Waals surface area contributed by atoms with E-state index in [1.165, 1.54) is 6.07 Å². The van der Waals surface area contributed by atoms with Crippen LogP contribution >= 0.6 is 0 Å². The zero-order valence-electron chi connectivity index (χ0n) is 10.3. The van der Waals surface area contributed by atoms with Crippen LogP contribution in [0.15, 0.2) is 24.3 Å². The van der Waals surface area contributed by atoms with Crippen LogP contribution in [0.5, 0.6) is 0 Å². The van der Waals surface area contributed by atoms with Gasteiger partial charge in [0, 0.05) is 18.6 Å². The van der Waals surface area contributed by atoms with Gasteiger partial charge >= 0.3 is 0 Å². The molecule has 0 bridgehead atoms. The van der Waals surface area contributed by atoms with Crippen molar-refractivity contribution >= 4 is 0 Å². The molecule has 1 fully saturated rings. The highest BCUT2D eigenvalue weighted by Crippen LogP contribution is 2.32. The third-order valence-electron chi connectivity index (χ3n) is 3.40. The largest absolute Gasteiger partial charge is 0.381 e. The molecule has 0 saturated carbocycles. The minimum absolute atomic E-state index is 0.143. The van der Waals surface area contributed by atoms with E-state index in [1.807, 2.05) is 6.07 Å². The molecule has 2 rings (SSSR count). The molecule has 0 aromatic heterocycles. The van der Waals surface area contributed by atoms with E-state index in [0.717, 1.165) is 44.7 Å². The Kier molecular flexibility index (Phi) is 4.13. The molecule has 1 atom stereocenters. The number of nitrogens with one attached hydrogen (secondary N) is 1. The topological polar surface area (TPSA) is 21.3 Å². The highest BCUT2D eigenvalue weighted by atomic mass is 19.1. The maximum Gasteiger partial charge on any atom is 0.123 e. The summed E-state index contributed by atoms with van der Waals surface area (Å²) in [5, 5.41) is 3.39. The zero-order valence-corrected chi connectivity index (χ0v) is 10.3. The van der Waals surface area contributed by atoms with Gasteiger partial charge < -0.3 is 10.1 Å². The van der Waals surface area contributed by atoms with Gasteiger partial charge in [0.25, 0.3) is 0 Å². The van der Waals surface area contributed by atoms with Crippen molar-refractivity contribution in [3.8, 4) is 0 Å². The molecule has 94 valence electrons. The molecule has 1 aromatic carbocycles. The van der Waals surface area contributed by atoms with Crippen LogP contribution < -0.4 is 5.32 Å². The summed E-state index contributed by atoms with van der Waals surface area (Å²) in [6.07, 6.45) is 1.94. The van der Waals surface area contributed by atoms with Crippen molar-refractivity contribution in [3.63, 3.8) is 0 Å². The molecule has 1 heterocycles. The molecule has 1 unspecified atom stereocenters. The lowest BCUT2D eigenvalue weighted by Gasteiger charge is -2.27. The lowest BCUT2D eigenvalue weighted by atomic mass is 9.81. The minimum atomic E-state index is -0.153. The fraction of sp³-hybridized carbons (Fsp3) is 0.571. The maximum absolute atomic E-state index is 13.2. The lowest BCUT2D eigenvalue weighted by molar-refractivity contribution is 0.149. The first kappa shape index (κ1) is 12.5. The van der Waals surface area contributed by atoms with Crippen LogP contribution in [-0.4, -0.2) is 26.3 Å². The Labute approximate surface area is 102 Å². The van der Waals surface area contributed by atoms with E-state index in [9.17, 15) is 4.39 Å². The molecule has 2 nitrogen and oxygen atoms in total. The van der Waals surface area contributed by atoms with Gasteiger partial charge in [0.05, 0.1) is 6.61 Å². The van der Waals surface area contributed by atoms with Crippen molar-refractivity contribution < 1.29 is 9.13 Å². The Bertz CT molecular complexity index is 361. The maximum atomic E-state index is 13.2. The summed E-state index contributed by atoms with van der Waals surface area (Å²) in [7, 11) is 0. The van der Waals surface area contributed by atoms with Gasteiger partial charge in [-0.15, -0.1) is 0 Å². The first-order valence-electron chi connectivity index (χ1n) is 6.27. The molecule has 1 aliphatic heterocycles. The zero-order chi connectivity index (χ0) is 12.1. The number of ether oxygens (including phenoxy) is 1. The average molecular weight is 237 g/mol. The number of rotatable bonds is 5. The predicted octanol–water partition coefficient (Wildman–Crippen LogP) is 2.38. The smallest absolute Gasteiger partial charge is 0.123 e. The first-order chi connectivity index (χ1) is 8.24. The molecule has 1 aromatic rings. The Hall–Kier alpha value is -0.930. The fourth-order valence-electron chi connectivity index (χ4n) is 2.46. The van der Waals surface area contributed by atoms with Gasteiger partial charge in [0.15, 0.2) is 0 Å². The number of benzene rings is 1. The van der Waals surface area contributed by atoms with Crippen LogP contribution in [0.4, 0.5) is 4.39 Å². The monoisotopic (exact) mass is 237 g/mol. The quantitative estimate of drug-likeness (QED) is 0.849. The summed E-state index contributed by atoms with van der Waals surface area (Å²) < 4.78 is 18.7. The highest BCUT2D eigenvalue weighted by molar-refractivity contribution is 5.18. The molecule has 0 aliphatic carbocycles. The standard InChI is InChI=1S/C14H20FNO/c1-2-16-10-14(6-7-17-11-14)9-12-4-3-5-13(15)8-12/h3-5,8,16H,2,6-7,9-11H2,1H3. The van der Waals surface area contributed by atoms with Crippen LogP contribution in [0.3, 0.4) is 0 Å². The third-order valence-corrected chi connectivity index (χ3v) is 3.40. The fourth-order valence-corrected chi connectivity index (χ4v) is 2.46. The van der Waals surface area contributed by atoms with Crippen LogP contribution in [0.2, 0.25) is 0 Å². The van der Waals surface area contributed by atoms with Crippen LogP contribution in [-0.2, 0) is 11.2 Å². The van der Waals surface area contributed by atoms with Crippen molar-refractivity contribution in [3.05, 3.63) is 35.6 Å². The van der Waals surface area contributed by atoms with Crippen molar-refractivity contribution in [2.45, 2.75) is 19.8 Å². The van der Waals surface area contributed by atoms with Crippen molar-refractivity contribution in [2.24, 2.45) is 5.41 Å². The molecule has 1 saturated heterocycles. The van der Waals surface area contributed by atoms with Gasteiger partial charge in [0.1, 0.15) is 5.82 Å². The number of hydrogen-bond acceptors (Lipinski definition) is 2. The van der Waals surface area contributed by atoms with Gasteiger partial charge in [-0.05, 0) is 37.1 Å². The highest BCUT2D eigenvalue weighted by Gasteiger charge is 2.34. The third kappa shape index (κ3) is 3.27. The molecular formula is C14H20FNO. The lowest BCUT2D eigenvalue weighted by Crippen LogP contribution is -2.36.